The second kappa shape index (κ2) is 8.64. The van der Waals surface area contributed by atoms with Gasteiger partial charge in [0, 0.05) is 31.3 Å². The van der Waals surface area contributed by atoms with E-state index >= 15 is 0 Å². The minimum absolute atomic E-state index is 0. The Morgan fingerprint density at radius 2 is 2.00 bits per heavy atom. The zero-order chi connectivity index (χ0) is 16.9. The van der Waals surface area contributed by atoms with E-state index in [2.05, 4.69) is 26.4 Å². The fraction of sp³-hybridized carbons (Fsp3) is 0.278. The number of hydrogen-bond donors (Lipinski definition) is 1. The number of ether oxygens (including phenoxy) is 2. The lowest BCUT2D eigenvalue weighted by molar-refractivity contribution is 0.296. The van der Waals surface area contributed by atoms with E-state index in [1.165, 1.54) is 6.33 Å². The van der Waals surface area contributed by atoms with E-state index in [1.54, 1.807) is 11.0 Å². The molecule has 3 heterocycles. The standard InChI is InChI=1S/C18H19N5O2.ClH/c1-3-15(18-16(4-1)24-7-2-8-25-18)11-19-9-14-5-6-17(21-10-14)23-13-20-12-22-23;/h1,3-6,10,12-13,19H,2,7-9,11H2;1H. The van der Waals surface area contributed by atoms with Crippen LogP contribution >= 0.6 is 12.4 Å². The first-order chi connectivity index (χ1) is 12.4. The summed E-state index contributed by atoms with van der Waals surface area (Å²) in [5, 5.41) is 7.50. The maximum Gasteiger partial charge on any atom is 0.165 e. The number of hydrogen-bond acceptors (Lipinski definition) is 6. The van der Waals surface area contributed by atoms with E-state index in [0.29, 0.717) is 19.8 Å². The predicted octanol–water partition coefficient (Wildman–Crippen LogP) is 2.54. The fourth-order valence-corrected chi connectivity index (χ4v) is 2.72. The molecule has 0 atom stereocenters. The molecule has 0 radical (unpaired) electrons. The van der Waals surface area contributed by atoms with Crippen molar-refractivity contribution in [3.63, 3.8) is 0 Å². The van der Waals surface area contributed by atoms with Crippen molar-refractivity contribution in [2.75, 3.05) is 13.2 Å². The molecule has 0 unspecified atom stereocenters. The van der Waals surface area contributed by atoms with Gasteiger partial charge < -0.3 is 14.8 Å². The monoisotopic (exact) mass is 373 g/mol. The third-order valence-electron chi connectivity index (χ3n) is 3.96. The van der Waals surface area contributed by atoms with Gasteiger partial charge in [-0.1, -0.05) is 18.2 Å². The first-order valence-electron chi connectivity index (χ1n) is 8.28. The van der Waals surface area contributed by atoms with E-state index in [1.807, 2.05) is 30.5 Å². The Balaban J connectivity index is 0.00000196. The van der Waals surface area contributed by atoms with E-state index in [0.717, 1.165) is 41.4 Å². The van der Waals surface area contributed by atoms with Crippen LogP contribution in [0.2, 0.25) is 0 Å². The van der Waals surface area contributed by atoms with Crippen LogP contribution in [-0.4, -0.2) is 33.0 Å². The summed E-state index contributed by atoms with van der Waals surface area (Å²) < 4.78 is 13.2. The lowest BCUT2D eigenvalue weighted by Crippen LogP contribution is -2.14. The lowest BCUT2D eigenvalue weighted by Gasteiger charge is -2.13. The topological polar surface area (TPSA) is 74.1 Å². The van der Waals surface area contributed by atoms with Crippen molar-refractivity contribution < 1.29 is 9.47 Å². The molecule has 0 aliphatic carbocycles. The van der Waals surface area contributed by atoms with Gasteiger partial charge in [0.15, 0.2) is 17.3 Å². The number of fused-ring (bicyclic) bond motifs is 1. The summed E-state index contributed by atoms with van der Waals surface area (Å²) in [4.78, 5) is 8.33. The molecular weight excluding hydrogens is 354 g/mol. The Morgan fingerprint density at radius 3 is 2.81 bits per heavy atom. The molecule has 1 aliphatic rings. The number of aromatic nitrogens is 4. The molecule has 0 bridgehead atoms. The molecule has 4 rings (SSSR count). The highest BCUT2D eigenvalue weighted by molar-refractivity contribution is 5.85. The molecule has 8 heteroatoms. The minimum atomic E-state index is 0. The molecule has 7 nitrogen and oxygen atoms in total. The molecule has 136 valence electrons. The zero-order valence-electron chi connectivity index (χ0n) is 14.2. The van der Waals surface area contributed by atoms with Crippen molar-refractivity contribution in [1.82, 2.24) is 25.1 Å². The molecule has 0 amide bonds. The van der Waals surface area contributed by atoms with E-state index < -0.39 is 0 Å². The first kappa shape index (κ1) is 18.2. The summed E-state index contributed by atoms with van der Waals surface area (Å²) in [6.45, 7) is 2.82. The van der Waals surface area contributed by atoms with Crippen LogP contribution in [0.1, 0.15) is 17.5 Å². The van der Waals surface area contributed by atoms with Gasteiger partial charge >= 0.3 is 0 Å². The molecule has 1 N–H and O–H groups in total. The summed E-state index contributed by atoms with van der Waals surface area (Å²) in [5.74, 6) is 2.43. The van der Waals surface area contributed by atoms with Crippen molar-refractivity contribution in [2.45, 2.75) is 19.5 Å². The molecule has 0 saturated heterocycles. The third kappa shape index (κ3) is 4.12. The van der Waals surface area contributed by atoms with Gasteiger partial charge in [-0.2, -0.15) is 5.10 Å². The SMILES string of the molecule is Cl.c1cc(CNCc2ccc(-n3cncn3)nc2)c2c(c1)OCCCO2. The average Bonchev–Trinajstić information content (AvgIpc) is 3.07. The highest BCUT2D eigenvalue weighted by Crippen LogP contribution is 2.33. The molecular formula is C18H20ClN5O2. The van der Waals surface area contributed by atoms with Crippen LogP contribution in [0.4, 0.5) is 0 Å². The number of para-hydroxylation sites is 1. The molecule has 26 heavy (non-hydrogen) atoms. The van der Waals surface area contributed by atoms with Gasteiger partial charge in [0.25, 0.3) is 0 Å². The van der Waals surface area contributed by atoms with Crippen molar-refractivity contribution in [1.29, 1.82) is 0 Å². The van der Waals surface area contributed by atoms with E-state index in [-0.39, 0.29) is 12.4 Å². The highest BCUT2D eigenvalue weighted by Gasteiger charge is 2.13. The Morgan fingerprint density at radius 1 is 1.08 bits per heavy atom. The summed E-state index contributed by atoms with van der Waals surface area (Å²) in [6, 6.07) is 9.97. The van der Waals surface area contributed by atoms with Gasteiger partial charge in [-0.15, -0.1) is 12.4 Å². The number of nitrogens with zero attached hydrogens (tertiary/aromatic N) is 4. The third-order valence-corrected chi connectivity index (χ3v) is 3.96. The predicted molar refractivity (Wildman–Crippen MR) is 99.0 cm³/mol. The Labute approximate surface area is 157 Å². The van der Waals surface area contributed by atoms with Crippen molar-refractivity contribution in [3.05, 3.63) is 60.3 Å². The number of pyridine rings is 1. The molecule has 1 aromatic carbocycles. The van der Waals surface area contributed by atoms with Crippen molar-refractivity contribution in [2.24, 2.45) is 0 Å². The maximum atomic E-state index is 5.85. The summed E-state index contributed by atoms with van der Waals surface area (Å²) in [7, 11) is 0. The van der Waals surface area contributed by atoms with Gasteiger partial charge in [-0.25, -0.2) is 14.6 Å². The maximum absolute atomic E-state index is 5.85. The molecule has 0 spiro atoms. The zero-order valence-corrected chi connectivity index (χ0v) is 15.0. The average molecular weight is 374 g/mol. The Hall–Kier alpha value is -2.64. The highest BCUT2D eigenvalue weighted by atomic mass is 35.5. The van der Waals surface area contributed by atoms with Crippen LogP contribution in [0.3, 0.4) is 0 Å². The molecule has 0 saturated carbocycles. The van der Waals surface area contributed by atoms with Crippen LogP contribution in [0.5, 0.6) is 11.5 Å². The van der Waals surface area contributed by atoms with Gasteiger partial charge in [0.2, 0.25) is 0 Å². The van der Waals surface area contributed by atoms with Gasteiger partial charge in [-0.05, 0) is 17.7 Å². The summed E-state index contributed by atoms with van der Waals surface area (Å²) in [6.07, 6.45) is 5.87. The van der Waals surface area contributed by atoms with Crippen molar-refractivity contribution >= 4 is 12.4 Å². The molecule has 1 aliphatic heterocycles. The van der Waals surface area contributed by atoms with Crippen LogP contribution in [0.25, 0.3) is 5.82 Å². The summed E-state index contributed by atoms with van der Waals surface area (Å²) >= 11 is 0. The van der Waals surface area contributed by atoms with Crippen LogP contribution in [0.15, 0.2) is 49.2 Å². The lowest BCUT2D eigenvalue weighted by atomic mass is 10.1. The second-order valence-corrected chi connectivity index (χ2v) is 5.76. The van der Waals surface area contributed by atoms with Crippen LogP contribution in [0, 0.1) is 0 Å². The fourth-order valence-electron chi connectivity index (χ4n) is 2.72. The molecule has 2 aromatic heterocycles. The smallest absolute Gasteiger partial charge is 0.165 e. The summed E-state index contributed by atoms with van der Waals surface area (Å²) in [5.41, 5.74) is 2.20. The largest absolute Gasteiger partial charge is 0.490 e. The molecule has 3 aromatic rings. The van der Waals surface area contributed by atoms with Gasteiger partial charge in [0.05, 0.1) is 13.2 Å². The molecule has 0 fully saturated rings. The van der Waals surface area contributed by atoms with Crippen molar-refractivity contribution in [3.8, 4) is 17.3 Å². The Bertz CT molecular complexity index is 824. The number of halogens is 1. The normalized spacial score (nSPS) is 12.9. The number of benzene rings is 1. The quantitative estimate of drug-likeness (QED) is 0.740. The van der Waals surface area contributed by atoms with Gasteiger partial charge in [0.1, 0.15) is 12.7 Å². The second-order valence-electron chi connectivity index (χ2n) is 5.76. The van der Waals surface area contributed by atoms with E-state index in [9.17, 15) is 0 Å². The minimum Gasteiger partial charge on any atom is -0.490 e. The van der Waals surface area contributed by atoms with Gasteiger partial charge in [-0.3, -0.25) is 0 Å². The first-order valence-corrected chi connectivity index (χ1v) is 8.28. The number of rotatable bonds is 5. The van der Waals surface area contributed by atoms with Crippen LogP contribution in [-0.2, 0) is 13.1 Å². The number of nitrogens with one attached hydrogen (secondary N) is 1. The van der Waals surface area contributed by atoms with Crippen LogP contribution < -0.4 is 14.8 Å². The van der Waals surface area contributed by atoms with E-state index in [4.69, 9.17) is 9.47 Å². The Kier molecular flexibility index (Phi) is 6.04.